The van der Waals surface area contributed by atoms with Crippen LogP contribution in [0.3, 0.4) is 0 Å². The number of pyridine rings is 1. The highest BCUT2D eigenvalue weighted by atomic mass is 19.1. The third-order valence-electron chi connectivity index (χ3n) is 5.87. The number of hydrogen-bond donors (Lipinski definition) is 1. The summed E-state index contributed by atoms with van der Waals surface area (Å²) in [5.74, 6) is -2.38. The minimum absolute atomic E-state index is 0.0735. The normalized spacial score (nSPS) is 14.1. The third-order valence-corrected chi connectivity index (χ3v) is 5.87. The van der Waals surface area contributed by atoms with Crippen molar-refractivity contribution in [1.29, 1.82) is 0 Å². The maximum absolute atomic E-state index is 13.8. The second kappa shape index (κ2) is 12.9. The Morgan fingerprint density at radius 3 is 2.31 bits per heavy atom. The molecule has 196 valence electrons. The van der Waals surface area contributed by atoms with Crippen molar-refractivity contribution < 1.29 is 37.7 Å². The van der Waals surface area contributed by atoms with Crippen molar-refractivity contribution in [2.75, 3.05) is 14.2 Å². The van der Waals surface area contributed by atoms with Crippen molar-refractivity contribution in [2.45, 2.75) is 59.1 Å². The van der Waals surface area contributed by atoms with Gasteiger partial charge in [0.05, 0.1) is 14.2 Å². The van der Waals surface area contributed by atoms with Crippen LogP contribution in [-0.4, -0.2) is 49.2 Å². The van der Waals surface area contributed by atoms with Crippen molar-refractivity contribution in [3.63, 3.8) is 0 Å². The molecule has 0 aliphatic carbocycles. The van der Waals surface area contributed by atoms with Crippen LogP contribution in [-0.2, 0) is 14.3 Å². The van der Waals surface area contributed by atoms with Crippen molar-refractivity contribution in [3.8, 4) is 17.2 Å². The van der Waals surface area contributed by atoms with E-state index in [0.717, 1.165) is 12.0 Å². The first-order valence-corrected chi connectivity index (χ1v) is 11.6. The van der Waals surface area contributed by atoms with E-state index in [1.54, 1.807) is 13.0 Å². The predicted octanol–water partition coefficient (Wildman–Crippen LogP) is 4.04. The Balaban J connectivity index is 2.21. The lowest BCUT2D eigenvalue weighted by Gasteiger charge is -2.31. The van der Waals surface area contributed by atoms with Crippen LogP contribution in [0.2, 0.25) is 0 Å². The van der Waals surface area contributed by atoms with E-state index in [4.69, 9.17) is 18.9 Å². The van der Waals surface area contributed by atoms with Crippen LogP contribution in [0, 0.1) is 11.7 Å². The van der Waals surface area contributed by atoms with Crippen LogP contribution in [0.4, 0.5) is 4.39 Å². The minimum atomic E-state index is -1.05. The van der Waals surface area contributed by atoms with Crippen LogP contribution in [0.15, 0.2) is 30.5 Å². The lowest BCUT2D eigenvalue weighted by molar-refractivity contribution is -0.151. The number of hydrogen-bond acceptors (Lipinski definition) is 8. The summed E-state index contributed by atoms with van der Waals surface area (Å²) in [4.78, 5) is 41.2. The van der Waals surface area contributed by atoms with Crippen molar-refractivity contribution in [1.82, 2.24) is 10.3 Å². The van der Waals surface area contributed by atoms with Crippen molar-refractivity contribution in [3.05, 3.63) is 47.5 Å². The van der Waals surface area contributed by atoms with Crippen LogP contribution >= 0.6 is 0 Å². The van der Waals surface area contributed by atoms with E-state index in [2.05, 4.69) is 10.3 Å². The first-order chi connectivity index (χ1) is 17.0. The van der Waals surface area contributed by atoms with Gasteiger partial charge < -0.3 is 24.3 Å². The summed E-state index contributed by atoms with van der Waals surface area (Å²) in [6.07, 6.45) is 1.48. The molecule has 10 heteroatoms. The number of nitrogens with zero attached hydrogens (tertiary/aromatic N) is 1. The number of nitrogens with one attached hydrogen (secondary N) is 1. The molecule has 1 aromatic carbocycles. The molecule has 0 saturated carbocycles. The van der Waals surface area contributed by atoms with Crippen LogP contribution in [0.1, 0.15) is 63.0 Å². The molecule has 0 bridgehead atoms. The zero-order valence-electron chi connectivity index (χ0n) is 21.6. The molecule has 0 aliphatic heterocycles. The molecule has 2 aromatic rings. The smallest absolute Gasteiger partial charge is 0.328 e. The molecule has 0 radical (unpaired) electrons. The molecule has 9 nitrogen and oxygen atoms in total. The lowest BCUT2D eigenvalue weighted by atomic mass is 9.81. The van der Waals surface area contributed by atoms with Gasteiger partial charge >= 0.3 is 11.9 Å². The van der Waals surface area contributed by atoms with Crippen molar-refractivity contribution in [2.24, 2.45) is 5.92 Å². The molecular weight excluding hydrogens is 471 g/mol. The fraction of sp³-hybridized carbons (Fsp3) is 0.462. The van der Waals surface area contributed by atoms with E-state index >= 15 is 0 Å². The molecule has 0 aliphatic rings. The van der Waals surface area contributed by atoms with Crippen LogP contribution < -0.4 is 19.5 Å². The van der Waals surface area contributed by atoms with Gasteiger partial charge in [0.25, 0.3) is 5.91 Å². The number of esters is 2. The molecule has 0 saturated heterocycles. The van der Waals surface area contributed by atoms with E-state index < -0.39 is 35.8 Å². The summed E-state index contributed by atoms with van der Waals surface area (Å²) < 4.78 is 35.1. The molecule has 1 amide bonds. The zero-order chi connectivity index (χ0) is 27.0. The summed E-state index contributed by atoms with van der Waals surface area (Å²) in [5.41, 5.74) is 0.502. The molecule has 2 rings (SSSR count). The van der Waals surface area contributed by atoms with Gasteiger partial charge in [0.2, 0.25) is 5.75 Å². The first-order valence-electron chi connectivity index (χ1n) is 11.6. The van der Waals surface area contributed by atoms with Crippen molar-refractivity contribution >= 4 is 17.8 Å². The fourth-order valence-corrected chi connectivity index (χ4v) is 3.91. The molecule has 1 unspecified atom stereocenters. The number of ether oxygens (including phenoxy) is 4. The Morgan fingerprint density at radius 2 is 1.72 bits per heavy atom. The SMILES string of the molecule is CCC(C)[C@@H](c1ccc(F)cc1OC)[C@H](C)OC(=O)[C@H](C)NC(=O)c1nccc(OC)c1OC(C)=O. The monoisotopic (exact) mass is 504 g/mol. The van der Waals surface area contributed by atoms with Gasteiger partial charge in [-0.25, -0.2) is 14.2 Å². The Kier molecular flexibility index (Phi) is 10.2. The molecule has 0 spiro atoms. The fourth-order valence-electron chi connectivity index (χ4n) is 3.91. The van der Waals surface area contributed by atoms with Crippen LogP contribution in [0.25, 0.3) is 0 Å². The maximum atomic E-state index is 13.8. The van der Waals surface area contributed by atoms with E-state index in [0.29, 0.717) is 5.75 Å². The number of carbonyl (C=O) groups is 3. The summed E-state index contributed by atoms with van der Waals surface area (Å²) >= 11 is 0. The highest BCUT2D eigenvalue weighted by Crippen LogP contribution is 2.37. The number of benzene rings is 1. The molecule has 36 heavy (non-hydrogen) atoms. The second-order valence-electron chi connectivity index (χ2n) is 8.42. The number of methoxy groups -OCH3 is 2. The number of halogens is 1. The Hall–Kier alpha value is -3.69. The maximum Gasteiger partial charge on any atom is 0.328 e. The minimum Gasteiger partial charge on any atom is -0.496 e. The van der Waals surface area contributed by atoms with Gasteiger partial charge in [0.15, 0.2) is 11.4 Å². The third kappa shape index (κ3) is 6.93. The summed E-state index contributed by atoms with van der Waals surface area (Å²) in [5, 5.41) is 2.52. The van der Waals surface area contributed by atoms with E-state index in [9.17, 15) is 18.8 Å². The number of rotatable bonds is 11. The van der Waals surface area contributed by atoms with Gasteiger partial charge in [-0.15, -0.1) is 0 Å². The molecule has 1 N–H and O–H groups in total. The van der Waals surface area contributed by atoms with Gasteiger partial charge in [-0.05, 0) is 25.8 Å². The number of carbonyl (C=O) groups excluding carboxylic acids is 3. The molecule has 1 heterocycles. The van der Waals surface area contributed by atoms with Gasteiger partial charge in [-0.2, -0.15) is 0 Å². The van der Waals surface area contributed by atoms with Gasteiger partial charge in [0.1, 0.15) is 23.7 Å². The highest BCUT2D eigenvalue weighted by Gasteiger charge is 2.32. The van der Waals surface area contributed by atoms with E-state index in [1.165, 1.54) is 52.5 Å². The van der Waals surface area contributed by atoms with Crippen LogP contribution in [0.5, 0.6) is 17.2 Å². The average Bonchev–Trinajstić information content (AvgIpc) is 2.84. The second-order valence-corrected chi connectivity index (χ2v) is 8.42. The zero-order valence-corrected chi connectivity index (χ0v) is 21.6. The first kappa shape index (κ1) is 28.5. The highest BCUT2D eigenvalue weighted by molar-refractivity contribution is 5.98. The molecule has 1 aromatic heterocycles. The summed E-state index contributed by atoms with van der Waals surface area (Å²) in [6, 6.07) is 4.65. The Labute approximate surface area is 210 Å². The topological polar surface area (TPSA) is 113 Å². The molecule has 4 atom stereocenters. The van der Waals surface area contributed by atoms with E-state index in [1.807, 2.05) is 13.8 Å². The molecule has 0 fully saturated rings. The molecular formula is C26H33FN2O7. The Morgan fingerprint density at radius 1 is 1.06 bits per heavy atom. The Bertz CT molecular complexity index is 1090. The van der Waals surface area contributed by atoms with Gasteiger partial charge in [-0.3, -0.25) is 9.59 Å². The van der Waals surface area contributed by atoms with E-state index in [-0.39, 0.29) is 29.0 Å². The van der Waals surface area contributed by atoms with Gasteiger partial charge in [-0.1, -0.05) is 26.3 Å². The lowest BCUT2D eigenvalue weighted by Crippen LogP contribution is -2.42. The van der Waals surface area contributed by atoms with Gasteiger partial charge in [0, 0.05) is 36.7 Å². The quantitative estimate of drug-likeness (QED) is 0.456. The summed E-state index contributed by atoms with van der Waals surface area (Å²) in [6.45, 7) is 8.41. The standard InChI is InChI=1S/C26H33FN2O7/c1-8-14(2)22(19-10-9-18(27)13-21(19)34-7)16(4)35-26(32)15(3)29-25(31)23-24(36-17(5)30)20(33-6)11-12-28-23/h9-16,22H,8H2,1-7H3,(H,29,31)/t14?,15-,16-,22+/m0/s1. The number of amides is 1. The summed E-state index contributed by atoms with van der Waals surface area (Å²) in [7, 11) is 2.81. The predicted molar refractivity (Wildman–Crippen MR) is 130 cm³/mol. The average molecular weight is 505 g/mol. The number of aromatic nitrogens is 1. The largest absolute Gasteiger partial charge is 0.496 e.